The van der Waals surface area contributed by atoms with Crippen LogP contribution in [-0.2, 0) is 0 Å². The highest BCUT2D eigenvalue weighted by atomic mass is 16.2. The van der Waals surface area contributed by atoms with Crippen LogP contribution in [-0.4, -0.2) is 47.4 Å². The molecule has 0 radical (unpaired) electrons. The lowest BCUT2D eigenvalue weighted by Gasteiger charge is -2.40. The maximum absolute atomic E-state index is 12.4. The molecule has 1 aromatic carbocycles. The van der Waals surface area contributed by atoms with Gasteiger partial charge in [-0.25, -0.2) is 0 Å². The van der Waals surface area contributed by atoms with Gasteiger partial charge in [0.2, 0.25) is 0 Å². The minimum atomic E-state index is -0.190. The van der Waals surface area contributed by atoms with E-state index in [9.17, 15) is 9.59 Å². The van der Waals surface area contributed by atoms with E-state index >= 15 is 0 Å². The van der Waals surface area contributed by atoms with Crippen LogP contribution >= 0.6 is 0 Å². The molecule has 2 aliphatic heterocycles. The van der Waals surface area contributed by atoms with Crippen molar-refractivity contribution >= 4 is 11.8 Å². The molecule has 2 heterocycles. The molecule has 21 heavy (non-hydrogen) atoms. The van der Waals surface area contributed by atoms with E-state index in [-0.39, 0.29) is 17.9 Å². The highest BCUT2D eigenvalue weighted by molar-refractivity contribution is 6.21. The topological polar surface area (TPSA) is 66.6 Å². The quantitative estimate of drug-likeness (QED) is 0.851. The Morgan fingerprint density at radius 2 is 1.81 bits per heavy atom. The summed E-state index contributed by atoms with van der Waals surface area (Å²) in [4.78, 5) is 28.3. The van der Waals surface area contributed by atoms with E-state index in [2.05, 4.69) is 11.8 Å². The summed E-state index contributed by atoms with van der Waals surface area (Å²) in [7, 11) is 0. The Labute approximate surface area is 124 Å². The number of imide groups is 1. The van der Waals surface area contributed by atoms with Gasteiger partial charge in [0.05, 0.1) is 17.8 Å². The maximum atomic E-state index is 12.4. The zero-order valence-electron chi connectivity index (χ0n) is 12.3. The number of fused-ring (bicyclic) bond motifs is 1. The summed E-state index contributed by atoms with van der Waals surface area (Å²) in [6.45, 7) is 3.98. The fourth-order valence-corrected chi connectivity index (χ4v) is 3.44. The molecule has 2 N–H and O–H groups in total. The van der Waals surface area contributed by atoms with Crippen LogP contribution < -0.4 is 5.73 Å². The van der Waals surface area contributed by atoms with Gasteiger partial charge in [-0.1, -0.05) is 19.1 Å². The minimum absolute atomic E-state index is 0.190. The summed E-state index contributed by atoms with van der Waals surface area (Å²) in [6, 6.07) is 7.25. The summed E-state index contributed by atoms with van der Waals surface area (Å²) in [5.41, 5.74) is 6.90. The second kappa shape index (κ2) is 5.58. The normalized spacial score (nSPS) is 26.3. The summed E-state index contributed by atoms with van der Waals surface area (Å²) >= 11 is 0. The van der Waals surface area contributed by atoms with Crippen molar-refractivity contribution in [3.63, 3.8) is 0 Å². The molecule has 0 bridgehead atoms. The summed E-state index contributed by atoms with van der Waals surface area (Å²) in [5, 5.41) is 0. The van der Waals surface area contributed by atoms with Crippen LogP contribution in [0.15, 0.2) is 24.3 Å². The Morgan fingerprint density at radius 3 is 2.38 bits per heavy atom. The number of nitrogens with zero attached hydrogens (tertiary/aromatic N) is 2. The number of hydrogen-bond donors (Lipinski definition) is 1. The van der Waals surface area contributed by atoms with Gasteiger partial charge in [-0.15, -0.1) is 0 Å². The van der Waals surface area contributed by atoms with Gasteiger partial charge in [0, 0.05) is 19.1 Å². The highest BCUT2D eigenvalue weighted by Gasteiger charge is 2.38. The van der Waals surface area contributed by atoms with Crippen LogP contribution in [0.5, 0.6) is 0 Å². The molecule has 2 aliphatic rings. The van der Waals surface area contributed by atoms with E-state index in [0.717, 1.165) is 19.4 Å². The fraction of sp³-hybridized carbons (Fsp3) is 0.500. The van der Waals surface area contributed by atoms with Crippen LogP contribution in [0.4, 0.5) is 0 Å². The van der Waals surface area contributed by atoms with E-state index in [4.69, 9.17) is 5.73 Å². The van der Waals surface area contributed by atoms with Crippen molar-refractivity contribution in [1.29, 1.82) is 0 Å². The van der Waals surface area contributed by atoms with Gasteiger partial charge in [0.15, 0.2) is 0 Å². The molecule has 0 aliphatic carbocycles. The molecule has 0 saturated carbocycles. The molecule has 0 spiro atoms. The zero-order chi connectivity index (χ0) is 15.0. The number of likely N-dealkylation sites (tertiary alicyclic amines) is 1. The average Bonchev–Trinajstić information content (AvgIpc) is 2.73. The average molecular weight is 287 g/mol. The summed E-state index contributed by atoms with van der Waals surface area (Å²) in [5.74, 6) is 0.119. The van der Waals surface area contributed by atoms with Crippen molar-refractivity contribution in [3.05, 3.63) is 35.4 Å². The zero-order valence-corrected chi connectivity index (χ0v) is 12.3. The molecule has 2 amide bonds. The Hall–Kier alpha value is -1.72. The lowest BCUT2D eigenvalue weighted by atomic mass is 9.91. The molecule has 1 saturated heterocycles. The van der Waals surface area contributed by atoms with Crippen LogP contribution in [0.1, 0.15) is 40.5 Å². The van der Waals surface area contributed by atoms with Gasteiger partial charge in [-0.2, -0.15) is 0 Å². The molecule has 2 unspecified atom stereocenters. The first-order valence-corrected chi connectivity index (χ1v) is 7.53. The summed E-state index contributed by atoms with van der Waals surface area (Å²) in [6.07, 6.45) is 2.24. The Balaban J connectivity index is 1.80. The van der Waals surface area contributed by atoms with Crippen LogP contribution in [0.3, 0.4) is 0 Å². The standard InChI is InChI=1S/C16H21N3O2/c1-11-5-4-8-18(14(11)9-17)10-19-15(20)12-6-2-3-7-13(12)16(19)21/h2-3,6-7,11,14H,4-5,8-10,17H2,1H3. The van der Waals surface area contributed by atoms with Gasteiger partial charge in [0.1, 0.15) is 0 Å². The first-order valence-electron chi connectivity index (χ1n) is 7.53. The van der Waals surface area contributed by atoms with Crippen molar-refractivity contribution in [2.75, 3.05) is 19.8 Å². The number of hydrogen-bond acceptors (Lipinski definition) is 4. The number of carbonyl (C=O) groups excluding carboxylic acids is 2. The van der Waals surface area contributed by atoms with Gasteiger partial charge >= 0.3 is 0 Å². The molecule has 1 fully saturated rings. The number of benzene rings is 1. The predicted molar refractivity (Wildman–Crippen MR) is 79.8 cm³/mol. The van der Waals surface area contributed by atoms with Crippen LogP contribution in [0.2, 0.25) is 0 Å². The lowest BCUT2D eigenvalue weighted by molar-refractivity contribution is 0.0337. The Morgan fingerprint density at radius 1 is 1.19 bits per heavy atom. The molecule has 3 rings (SSSR count). The second-order valence-electron chi connectivity index (χ2n) is 5.96. The van der Waals surface area contributed by atoms with Gasteiger partial charge in [-0.05, 0) is 30.9 Å². The predicted octanol–water partition coefficient (Wildman–Crippen LogP) is 1.30. The maximum Gasteiger partial charge on any atom is 0.262 e. The first kappa shape index (κ1) is 14.2. The molecule has 112 valence electrons. The number of piperidine rings is 1. The van der Waals surface area contributed by atoms with E-state index < -0.39 is 0 Å². The van der Waals surface area contributed by atoms with Gasteiger partial charge in [0.25, 0.3) is 11.8 Å². The third-order valence-electron chi connectivity index (χ3n) is 4.67. The highest BCUT2D eigenvalue weighted by Crippen LogP contribution is 2.26. The summed E-state index contributed by atoms with van der Waals surface area (Å²) < 4.78 is 0. The van der Waals surface area contributed by atoms with Crippen molar-refractivity contribution in [1.82, 2.24) is 9.80 Å². The Bertz CT molecular complexity index is 537. The molecule has 2 atom stereocenters. The number of amides is 2. The second-order valence-corrected chi connectivity index (χ2v) is 5.96. The fourth-order valence-electron chi connectivity index (χ4n) is 3.44. The van der Waals surface area contributed by atoms with Gasteiger partial charge < -0.3 is 5.73 Å². The van der Waals surface area contributed by atoms with Crippen LogP contribution in [0.25, 0.3) is 0 Å². The molecule has 5 heteroatoms. The molecule has 1 aromatic rings. The van der Waals surface area contributed by atoms with E-state index in [1.54, 1.807) is 24.3 Å². The van der Waals surface area contributed by atoms with E-state index in [0.29, 0.717) is 30.3 Å². The third-order valence-corrected chi connectivity index (χ3v) is 4.67. The molecule has 0 aromatic heterocycles. The lowest BCUT2D eigenvalue weighted by Crippen LogP contribution is -2.53. The van der Waals surface area contributed by atoms with E-state index in [1.165, 1.54) is 4.90 Å². The largest absolute Gasteiger partial charge is 0.329 e. The van der Waals surface area contributed by atoms with Crippen molar-refractivity contribution < 1.29 is 9.59 Å². The van der Waals surface area contributed by atoms with E-state index in [1.807, 2.05) is 0 Å². The van der Waals surface area contributed by atoms with Crippen LogP contribution in [0, 0.1) is 5.92 Å². The third kappa shape index (κ3) is 2.36. The van der Waals surface area contributed by atoms with Gasteiger partial charge in [-0.3, -0.25) is 19.4 Å². The monoisotopic (exact) mass is 287 g/mol. The minimum Gasteiger partial charge on any atom is -0.329 e. The molecular weight excluding hydrogens is 266 g/mol. The smallest absolute Gasteiger partial charge is 0.262 e. The molecule has 5 nitrogen and oxygen atoms in total. The molecular formula is C16H21N3O2. The number of rotatable bonds is 3. The number of carbonyl (C=O) groups is 2. The number of nitrogens with two attached hydrogens (primary N) is 1. The first-order chi connectivity index (χ1) is 10.1. The SMILES string of the molecule is CC1CCCN(CN2C(=O)c3ccccc3C2=O)C1CN. The van der Waals surface area contributed by atoms with Crippen molar-refractivity contribution in [2.45, 2.75) is 25.8 Å². The van der Waals surface area contributed by atoms with Crippen molar-refractivity contribution in [3.8, 4) is 0 Å². The van der Waals surface area contributed by atoms with Crippen molar-refractivity contribution in [2.24, 2.45) is 11.7 Å². The Kier molecular flexibility index (Phi) is 3.78.